The second-order valence-corrected chi connectivity index (χ2v) is 10.5. The van der Waals surface area contributed by atoms with Gasteiger partial charge in [-0.1, -0.05) is 32.0 Å². The average Bonchev–Trinajstić information content (AvgIpc) is 2.25. The topological polar surface area (TPSA) is 60.7 Å². The third-order valence-corrected chi connectivity index (χ3v) is 7.56. The van der Waals surface area contributed by atoms with Crippen LogP contribution in [0.3, 0.4) is 0 Å². The van der Waals surface area contributed by atoms with Gasteiger partial charge in [0, 0.05) is 5.56 Å². The van der Waals surface area contributed by atoms with Crippen molar-refractivity contribution in [2.45, 2.75) is 50.9 Å². The average molecular weight is 268 g/mol. The second kappa shape index (κ2) is 5.43. The minimum absolute atomic E-state index is 0.128. The van der Waals surface area contributed by atoms with Crippen molar-refractivity contribution in [2.24, 2.45) is 0 Å². The zero-order valence-corrected chi connectivity index (χ0v) is 12.6. The molecule has 0 saturated carbocycles. The molecule has 4 heteroatoms. The smallest absolute Gasteiger partial charge is 0.188 e. The Morgan fingerprint density at radius 1 is 1.22 bits per heavy atom. The number of benzene rings is 1. The van der Waals surface area contributed by atoms with Gasteiger partial charge in [-0.15, -0.1) is 0 Å². The van der Waals surface area contributed by atoms with Crippen molar-refractivity contribution in [3.63, 3.8) is 0 Å². The molecule has 1 aromatic rings. The van der Waals surface area contributed by atoms with Crippen molar-refractivity contribution < 1.29 is 15.0 Å². The van der Waals surface area contributed by atoms with E-state index in [0.717, 1.165) is 6.42 Å². The molecule has 0 fully saturated rings. The van der Waals surface area contributed by atoms with Crippen LogP contribution in [0.15, 0.2) is 24.3 Å². The van der Waals surface area contributed by atoms with E-state index in [9.17, 15) is 15.0 Å². The molecule has 0 spiro atoms. The van der Waals surface area contributed by atoms with Gasteiger partial charge in [0.1, 0.15) is 5.75 Å². The highest BCUT2D eigenvalue weighted by Gasteiger charge is 2.37. The SMILES string of the molecule is CC(C)(CC[C@H](O)c1ccccc1O)[Si](C)(C)O. The van der Waals surface area contributed by atoms with Crippen LogP contribution in [0.2, 0.25) is 18.1 Å². The molecule has 3 nitrogen and oxygen atoms in total. The number of hydrogen-bond donors (Lipinski definition) is 3. The van der Waals surface area contributed by atoms with E-state index in [1.165, 1.54) is 0 Å². The van der Waals surface area contributed by atoms with Crippen molar-refractivity contribution in [3.05, 3.63) is 29.8 Å². The Balaban J connectivity index is 2.68. The lowest BCUT2D eigenvalue weighted by molar-refractivity contribution is 0.155. The van der Waals surface area contributed by atoms with E-state index in [1.807, 2.05) is 26.9 Å². The van der Waals surface area contributed by atoms with E-state index in [4.69, 9.17) is 0 Å². The van der Waals surface area contributed by atoms with Crippen molar-refractivity contribution >= 4 is 8.32 Å². The van der Waals surface area contributed by atoms with Crippen LogP contribution in [0.1, 0.15) is 38.4 Å². The molecule has 1 atom stereocenters. The Morgan fingerprint density at radius 2 is 1.78 bits per heavy atom. The first-order valence-corrected chi connectivity index (χ1v) is 9.28. The van der Waals surface area contributed by atoms with Crippen molar-refractivity contribution in [3.8, 4) is 5.75 Å². The first-order chi connectivity index (χ1) is 8.15. The van der Waals surface area contributed by atoms with Crippen LogP contribution in [0, 0.1) is 0 Å². The minimum atomic E-state index is -2.24. The molecule has 0 aliphatic rings. The Bertz CT molecular complexity index is 396. The Hall–Kier alpha value is -0.843. The second-order valence-electron chi connectivity index (χ2n) is 6.06. The molecular formula is C14H24O3Si. The first kappa shape index (κ1) is 15.2. The van der Waals surface area contributed by atoms with Gasteiger partial charge in [0.15, 0.2) is 8.32 Å². The van der Waals surface area contributed by atoms with Gasteiger partial charge in [-0.25, -0.2) is 0 Å². The molecule has 0 aromatic heterocycles. The normalized spacial score (nSPS) is 14.6. The number of para-hydroxylation sites is 1. The standard InChI is InChI=1S/C14H24O3Si/c1-14(2,18(3,4)17)10-9-13(16)11-7-5-6-8-12(11)15/h5-8,13,15-17H,9-10H2,1-4H3/t13-/m0/s1. The van der Waals surface area contributed by atoms with Gasteiger partial charge in [-0.2, -0.15) is 0 Å². The number of rotatable bonds is 5. The lowest BCUT2D eigenvalue weighted by Gasteiger charge is -2.35. The maximum atomic E-state index is 10.2. The van der Waals surface area contributed by atoms with Gasteiger partial charge in [0.25, 0.3) is 0 Å². The number of aliphatic hydroxyl groups is 1. The molecule has 0 heterocycles. The zero-order chi connectivity index (χ0) is 14.0. The molecule has 102 valence electrons. The Labute approximate surface area is 110 Å². The highest BCUT2D eigenvalue weighted by Crippen LogP contribution is 2.42. The summed E-state index contributed by atoms with van der Waals surface area (Å²) in [5, 5.41) is 19.6. The van der Waals surface area contributed by atoms with E-state index in [1.54, 1.807) is 24.3 Å². The fraction of sp³-hybridized carbons (Fsp3) is 0.571. The lowest BCUT2D eigenvalue weighted by atomic mass is 9.98. The van der Waals surface area contributed by atoms with Crippen LogP contribution >= 0.6 is 0 Å². The Morgan fingerprint density at radius 3 is 2.28 bits per heavy atom. The third kappa shape index (κ3) is 3.57. The van der Waals surface area contributed by atoms with Crippen LogP contribution in [0.5, 0.6) is 5.75 Å². The number of hydrogen-bond acceptors (Lipinski definition) is 3. The molecule has 0 aliphatic heterocycles. The number of phenols is 1. The molecule has 18 heavy (non-hydrogen) atoms. The van der Waals surface area contributed by atoms with Crippen LogP contribution in [-0.4, -0.2) is 23.3 Å². The summed E-state index contributed by atoms with van der Waals surface area (Å²) in [6, 6.07) is 6.84. The van der Waals surface area contributed by atoms with Crippen molar-refractivity contribution in [2.75, 3.05) is 0 Å². The van der Waals surface area contributed by atoms with Gasteiger partial charge in [0.2, 0.25) is 0 Å². The summed E-state index contributed by atoms with van der Waals surface area (Å²) in [7, 11) is -2.24. The fourth-order valence-corrected chi connectivity index (χ4v) is 2.48. The highest BCUT2D eigenvalue weighted by atomic mass is 28.4. The summed E-state index contributed by atoms with van der Waals surface area (Å²) >= 11 is 0. The van der Waals surface area contributed by atoms with E-state index in [-0.39, 0.29) is 10.8 Å². The predicted octanol–water partition coefficient (Wildman–Crippen LogP) is 3.18. The number of aliphatic hydroxyl groups excluding tert-OH is 1. The van der Waals surface area contributed by atoms with Gasteiger partial charge in [0.05, 0.1) is 6.10 Å². The maximum absolute atomic E-state index is 10.2. The van der Waals surface area contributed by atoms with E-state index >= 15 is 0 Å². The molecule has 0 unspecified atom stereocenters. The van der Waals surface area contributed by atoms with Gasteiger partial charge >= 0.3 is 0 Å². The molecule has 0 bridgehead atoms. The van der Waals surface area contributed by atoms with E-state index in [2.05, 4.69) is 0 Å². The number of aromatic hydroxyl groups is 1. The van der Waals surface area contributed by atoms with Crippen molar-refractivity contribution in [1.82, 2.24) is 0 Å². The molecule has 0 radical (unpaired) electrons. The summed E-state index contributed by atoms with van der Waals surface area (Å²) in [6.07, 6.45) is 0.599. The summed E-state index contributed by atoms with van der Waals surface area (Å²) in [5.41, 5.74) is 0.561. The minimum Gasteiger partial charge on any atom is -0.508 e. The monoisotopic (exact) mass is 268 g/mol. The molecule has 0 aliphatic carbocycles. The summed E-state index contributed by atoms with van der Waals surface area (Å²) in [4.78, 5) is 10.2. The van der Waals surface area contributed by atoms with E-state index < -0.39 is 14.4 Å². The molecule has 1 aromatic carbocycles. The molecule has 0 saturated heterocycles. The van der Waals surface area contributed by atoms with Crippen LogP contribution in [0.4, 0.5) is 0 Å². The van der Waals surface area contributed by atoms with Crippen LogP contribution in [0.25, 0.3) is 0 Å². The Kier molecular flexibility index (Phi) is 4.59. The first-order valence-electron chi connectivity index (χ1n) is 6.33. The molecule has 3 N–H and O–H groups in total. The van der Waals surface area contributed by atoms with E-state index in [0.29, 0.717) is 12.0 Å². The summed E-state index contributed by atoms with van der Waals surface area (Å²) in [5.74, 6) is 0.128. The largest absolute Gasteiger partial charge is 0.508 e. The predicted molar refractivity (Wildman–Crippen MR) is 76.0 cm³/mol. The highest BCUT2D eigenvalue weighted by molar-refractivity contribution is 6.72. The van der Waals surface area contributed by atoms with Crippen LogP contribution < -0.4 is 0 Å². The van der Waals surface area contributed by atoms with Crippen molar-refractivity contribution in [1.29, 1.82) is 0 Å². The number of phenolic OH excluding ortho intramolecular Hbond substituents is 1. The lowest BCUT2D eigenvalue weighted by Crippen LogP contribution is -2.39. The van der Waals surface area contributed by atoms with Crippen LogP contribution in [-0.2, 0) is 0 Å². The summed E-state index contributed by atoms with van der Waals surface area (Å²) in [6.45, 7) is 7.91. The third-order valence-electron chi connectivity index (χ3n) is 3.99. The molecule has 0 amide bonds. The summed E-state index contributed by atoms with van der Waals surface area (Å²) < 4.78 is 0. The van der Waals surface area contributed by atoms with Gasteiger partial charge in [-0.3, -0.25) is 0 Å². The molecular weight excluding hydrogens is 244 g/mol. The molecule has 1 rings (SSSR count). The van der Waals surface area contributed by atoms with Gasteiger partial charge < -0.3 is 15.0 Å². The fourth-order valence-electron chi connectivity index (χ4n) is 1.73. The maximum Gasteiger partial charge on any atom is 0.188 e. The van der Waals surface area contributed by atoms with Gasteiger partial charge in [-0.05, 0) is 37.0 Å². The zero-order valence-electron chi connectivity index (χ0n) is 11.6. The quantitative estimate of drug-likeness (QED) is 0.719.